The molecule has 2 aliphatic rings. The SMILES string of the molecule is O=C1CCN(C2CC2)C(=O)N1c1ccc(F)cc1F. The fourth-order valence-electron chi connectivity index (χ4n) is 2.28. The summed E-state index contributed by atoms with van der Waals surface area (Å²) >= 11 is 0. The molecule has 19 heavy (non-hydrogen) atoms. The molecule has 1 aliphatic carbocycles. The van der Waals surface area contributed by atoms with Gasteiger partial charge in [-0.25, -0.2) is 18.5 Å². The number of imide groups is 1. The van der Waals surface area contributed by atoms with Crippen LogP contribution in [0.25, 0.3) is 0 Å². The number of hydrogen-bond donors (Lipinski definition) is 0. The highest BCUT2D eigenvalue weighted by molar-refractivity contribution is 6.15. The number of carbonyl (C=O) groups is 2. The van der Waals surface area contributed by atoms with Crippen LogP contribution in [0, 0.1) is 11.6 Å². The molecule has 1 aromatic carbocycles. The summed E-state index contributed by atoms with van der Waals surface area (Å²) < 4.78 is 26.6. The quantitative estimate of drug-likeness (QED) is 0.824. The van der Waals surface area contributed by atoms with E-state index >= 15 is 0 Å². The Balaban J connectivity index is 1.96. The molecule has 6 heteroatoms. The average molecular weight is 266 g/mol. The fraction of sp³-hybridized carbons (Fsp3) is 0.385. The summed E-state index contributed by atoms with van der Waals surface area (Å²) in [6, 6.07) is 2.48. The molecule has 1 aromatic rings. The van der Waals surface area contributed by atoms with Gasteiger partial charge in [-0.1, -0.05) is 0 Å². The lowest BCUT2D eigenvalue weighted by Gasteiger charge is -2.34. The van der Waals surface area contributed by atoms with Gasteiger partial charge in [0, 0.05) is 25.1 Å². The van der Waals surface area contributed by atoms with Gasteiger partial charge in [0.05, 0.1) is 5.69 Å². The zero-order chi connectivity index (χ0) is 13.6. The number of carbonyl (C=O) groups excluding carboxylic acids is 2. The normalized spacial score (nSPS) is 20.1. The van der Waals surface area contributed by atoms with E-state index in [9.17, 15) is 18.4 Å². The van der Waals surface area contributed by atoms with Gasteiger partial charge in [0.25, 0.3) is 0 Å². The molecular weight excluding hydrogens is 254 g/mol. The predicted octanol–water partition coefficient (Wildman–Crippen LogP) is 2.29. The zero-order valence-electron chi connectivity index (χ0n) is 10.1. The van der Waals surface area contributed by atoms with Gasteiger partial charge in [0.2, 0.25) is 5.91 Å². The van der Waals surface area contributed by atoms with Gasteiger partial charge in [-0.2, -0.15) is 0 Å². The summed E-state index contributed by atoms with van der Waals surface area (Å²) in [4.78, 5) is 26.5. The van der Waals surface area contributed by atoms with Crippen molar-refractivity contribution in [2.45, 2.75) is 25.3 Å². The number of halogens is 2. The molecule has 4 nitrogen and oxygen atoms in total. The molecule has 0 radical (unpaired) electrons. The number of nitrogens with zero attached hydrogens (tertiary/aromatic N) is 2. The van der Waals surface area contributed by atoms with Crippen molar-refractivity contribution in [1.82, 2.24) is 4.90 Å². The third kappa shape index (κ3) is 2.07. The Bertz CT molecular complexity index is 558. The fourth-order valence-corrected chi connectivity index (χ4v) is 2.28. The van der Waals surface area contributed by atoms with Crippen LogP contribution >= 0.6 is 0 Å². The Morgan fingerprint density at radius 3 is 2.53 bits per heavy atom. The van der Waals surface area contributed by atoms with Crippen LogP contribution in [-0.2, 0) is 4.79 Å². The lowest BCUT2D eigenvalue weighted by Crippen LogP contribution is -2.53. The molecular formula is C13H12F2N2O2. The predicted molar refractivity (Wildman–Crippen MR) is 63.6 cm³/mol. The second-order valence-corrected chi connectivity index (χ2v) is 4.78. The third-order valence-corrected chi connectivity index (χ3v) is 3.39. The maximum Gasteiger partial charge on any atom is 0.331 e. The molecule has 1 aliphatic heterocycles. The van der Waals surface area contributed by atoms with Crippen LogP contribution in [0.4, 0.5) is 19.3 Å². The van der Waals surface area contributed by atoms with Gasteiger partial charge in [-0.05, 0) is 25.0 Å². The Labute approximate surface area is 108 Å². The number of anilines is 1. The second-order valence-electron chi connectivity index (χ2n) is 4.78. The standard InChI is InChI=1S/C13H12F2N2O2/c14-8-1-4-11(10(15)7-8)17-12(18)5-6-16(13(17)19)9-2-3-9/h1,4,7,9H,2-3,5-6H2. The van der Waals surface area contributed by atoms with E-state index in [1.165, 1.54) is 0 Å². The Kier molecular flexibility index (Phi) is 2.73. The molecule has 0 bridgehead atoms. The summed E-state index contributed by atoms with van der Waals surface area (Å²) in [7, 11) is 0. The molecule has 0 aromatic heterocycles. The van der Waals surface area contributed by atoms with Crippen LogP contribution in [0.1, 0.15) is 19.3 Å². The van der Waals surface area contributed by atoms with E-state index in [0.29, 0.717) is 12.6 Å². The molecule has 0 spiro atoms. The molecule has 1 saturated heterocycles. The first-order valence-electron chi connectivity index (χ1n) is 6.16. The minimum absolute atomic E-state index is 0.159. The van der Waals surface area contributed by atoms with E-state index in [-0.39, 0.29) is 18.2 Å². The monoisotopic (exact) mass is 266 g/mol. The third-order valence-electron chi connectivity index (χ3n) is 3.39. The van der Waals surface area contributed by atoms with Crippen molar-refractivity contribution >= 4 is 17.6 Å². The summed E-state index contributed by atoms with van der Waals surface area (Å²) in [6.07, 6.45) is 2.00. The molecule has 100 valence electrons. The molecule has 1 saturated carbocycles. The van der Waals surface area contributed by atoms with E-state index in [1.807, 2.05) is 0 Å². The molecule has 1 heterocycles. The van der Waals surface area contributed by atoms with Crippen molar-refractivity contribution < 1.29 is 18.4 Å². The number of hydrogen-bond acceptors (Lipinski definition) is 2. The van der Waals surface area contributed by atoms with Gasteiger partial charge < -0.3 is 4.90 Å². The first-order valence-corrected chi connectivity index (χ1v) is 6.16. The van der Waals surface area contributed by atoms with Gasteiger partial charge in [0.15, 0.2) is 0 Å². The summed E-state index contributed by atoms with van der Waals surface area (Å²) in [6.45, 7) is 0.377. The highest BCUT2D eigenvalue weighted by atomic mass is 19.1. The van der Waals surface area contributed by atoms with Crippen molar-refractivity contribution in [2.24, 2.45) is 0 Å². The molecule has 0 atom stereocenters. The average Bonchev–Trinajstić information content (AvgIpc) is 3.16. The maximum atomic E-state index is 13.7. The minimum Gasteiger partial charge on any atom is -0.320 e. The highest BCUT2D eigenvalue weighted by Gasteiger charge is 2.41. The zero-order valence-corrected chi connectivity index (χ0v) is 10.1. The molecule has 2 fully saturated rings. The van der Waals surface area contributed by atoms with Crippen LogP contribution in [0.15, 0.2) is 18.2 Å². The van der Waals surface area contributed by atoms with Gasteiger partial charge in [-0.3, -0.25) is 4.79 Å². The van der Waals surface area contributed by atoms with Crippen LogP contribution in [0.2, 0.25) is 0 Å². The lowest BCUT2D eigenvalue weighted by atomic mass is 10.2. The van der Waals surface area contributed by atoms with Crippen LogP contribution in [0.5, 0.6) is 0 Å². The summed E-state index contributed by atoms with van der Waals surface area (Å²) in [5, 5.41) is 0. The number of benzene rings is 1. The highest BCUT2D eigenvalue weighted by Crippen LogP contribution is 2.32. The van der Waals surface area contributed by atoms with Crippen molar-refractivity contribution in [2.75, 3.05) is 11.4 Å². The van der Waals surface area contributed by atoms with Gasteiger partial charge >= 0.3 is 6.03 Å². The topological polar surface area (TPSA) is 40.6 Å². The lowest BCUT2D eigenvalue weighted by molar-refractivity contribution is -0.119. The second kappa shape index (κ2) is 4.29. The largest absolute Gasteiger partial charge is 0.331 e. The van der Waals surface area contributed by atoms with Crippen molar-refractivity contribution in [1.29, 1.82) is 0 Å². The Morgan fingerprint density at radius 1 is 1.16 bits per heavy atom. The molecule has 0 N–H and O–H groups in total. The van der Waals surface area contributed by atoms with Crippen LogP contribution in [-0.4, -0.2) is 29.4 Å². The van der Waals surface area contributed by atoms with Crippen LogP contribution in [0.3, 0.4) is 0 Å². The summed E-state index contributed by atoms with van der Waals surface area (Å²) in [5.74, 6) is -2.09. The molecule has 0 unspecified atom stereocenters. The van der Waals surface area contributed by atoms with E-state index < -0.39 is 23.6 Å². The maximum absolute atomic E-state index is 13.7. The Morgan fingerprint density at radius 2 is 1.89 bits per heavy atom. The van der Waals surface area contributed by atoms with Crippen molar-refractivity contribution in [3.8, 4) is 0 Å². The number of rotatable bonds is 2. The van der Waals surface area contributed by atoms with Crippen LogP contribution < -0.4 is 4.90 Å². The first kappa shape index (κ1) is 12.1. The number of urea groups is 1. The summed E-state index contributed by atoms with van der Waals surface area (Å²) in [5.41, 5.74) is -0.179. The first-order chi connectivity index (χ1) is 9.08. The smallest absolute Gasteiger partial charge is 0.320 e. The van der Waals surface area contributed by atoms with E-state index in [1.54, 1.807) is 4.90 Å². The minimum atomic E-state index is -0.903. The number of amides is 3. The van der Waals surface area contributed by atoms with E-state index in [0.717, 1.165) is 29.9 Å². The van der Waals surface area contributed by atoms with Crippen molar-refractivity contribution in [3.63, 3.8) is 0 Å². The van der Waals surface area contributed by atoms with Gasteiger partial charge in [-0.15, -0.1) is 0 Å². The van der Waals surface area contributed by atoms with Gasteiger partial charge in [0.1, 0.15) is 11.6 Å². The molecule has 3 rings (SSSR count). The van der Waals surface area contributed by atoms with E-state index in [4.69, 9.17) is 0 Å². The Hall–Kier alpha value is -1.98. The van der Waals surface area contributed by atoms with E-state index in [2.05, 4.69) is 0 Å². The van der Waals surface area contributed by atoms with Crippen molar-refractivity contribution in [3.05, 3.63) is 29.8 Å². The molecule has 3 amide bonds.